The summed E-state index contributed by atoms with van der Waals surface area (Å²) in [5.41, 5.74) is 6.21. The average molecular weight is 321 g/mol. The van der Waals surface area contributed by atoms with E-state index < -0.39 is 11.9 Å². The van der Waals surface area contributed by atoms with Gasteiger partial charge in [-0.3, -0.25) is 4.79 Å². The lowest BCUT2D eigenvalue weighted by Gasteiger charge is -2.26. The van der Waals surface area contributed by atoms with Crippen LogP contribution < -0.4 is 11.1 Å². The van der Waals surface area contributed by atoms with Crippen LogP contribution in [0.1, 0.15) is 24.0 Å². The summed E-state index contributed by atoms with van der Waals surface area (Å²) in [4.78, 5) is 21.5. The highest BCUT2D eigenvalue weighted by atomic mass is 16.5. The molecule has 0 atom stereocenters. The lowest BCUT2D eigenvalue weighted by molar-refractivity contribution is -0.386. The molecule has 23 heavy (non-hydrogen) atoms. The maximum absolute atomic E-state index is 11.4. The van der Waals surface area contributed by atoms with Crippen LogP contribution in [0.25, 0.3) is 0 Å². The number of carboxylic acids is 1. The normalized spacial score (nSPS) is 10.9. The largest absolute Gasteiger partial charge is 0.756 e. The Bertz CT molecular complexity index is 529. The van der Waals surface area contributed by atoms with Crippen LogP contribution in [0.2, 0.25) is 0 Å². The second-order valence-electron chi connectivity index (χ2n) is 5.06. The first kappa shape index (κ1) is 18.8. The number of nitrogens with one attached hydrogen (secondary N) is 1. The molecule has 1 amide bonds. The summed E-state index contributed by atoms with van der Waals surface area (Å²) in [6.45, 7) is 2.32. The van der Waals surface area contributed by atoms with Gasteiger partial charge in [0, 0.05) is 30.8 Å². The summed E-state index contributed by atoms with van der Waals surface area (Å²) in [5, 5.41) is 23.3. The van der Waals surface area contributed by atoms with Crippen LogP contribution in [0.3, 0.4) is 0 Å². The topological polar surface area (TPSA) is 120 Å². The number of benzene rings is 1. The number of unbranched alkanes of at least 4 members (excludes halogenated alkanes) is 1. The minimum atomic E-state index is -1.25. The number of amides is 1. The predicted molar refractivity (Wildman–Crippen MR) is 85.8 cm³/mol. The molecule has 5 N–H and O–H groups in total. The molecule has 0 bridgehead atoms. The number of rotatable bonds is 10. The Morgan fingerprint density at radius 2 is 1.83 bits per heavy atom. The van der Waals surface area contributed by atoms with Gasteiger partial charge in [0.25, 0.3) is 0 Å². The first-order valence-corrected chi connectivity index (χ1v) is 7.50. The van der Waals surface area contributed by atoms with Crippen molar-refractivity contribution < 1.29 is 20.4 Å². The van der Waals surface area contributed by atoms with Crippen molar-refractivity contribution >= 4 is 11.9 Å². The van der Waals surface area contributed by atoms with Crippen molar-refractivity contribution in [3.63, 3.8) is 0 Å². The summed E-state index contributed by atoms with van der Waals surface area (Å²) in [6, 6.07) is 8.21. The van der Waals surface area contributed by atoms with Crippen molar-refractivity contribution in [3.05, 3.63) is 52.8 Å². The Balaban J connectivity index is 2.12. The van der Waals surface area contributed by atoms with Crippen molar-refractivity contribution in [2.75, 3.05) is 13.1 Å². The third kappa shape index (κ3) is 8.10. The standard InChI is InChI=1S/C16H22N3O4/c17-11-13-3-5-14(6-4-13)12-18-9-1-2-10-19(23)15(20)7-8-16(21)22/h3-8,18H,1-2,9-12,17H2,(H,21,22)/q-1/p+1/b8-7+. The fraction of sp³-hybridized carbons (Fsp3) is 0.375. The lowest BCUT2D eigenvalue weighted by atomic mass is 10.1. The molecule has 1 aromatic rings. The van der Waals surface area contributed by atoms with E-state index >= 15 is 0 Å². The van der Waals surface area contributed by atoms with Crippen LogP contribution in [0.4, 0.5) is 0 Å². The quantitative estimate of drug-likeness (QED) is 0.324. The molecule has 0 radical (unpaired) electrons. The maximum atomic E-state index is 11.4. The first-order chi connectivity index (χ1) is 11.0. The third-order valence-electron chi connectivity index (χ3n) is 3.22. The van der Waals surface area contributed by atoms with E-state index in [1.165, 1.54) is 11.1 Å². The highest BCUT2D eigenvalue weighted by molar-refractivity contribution is 5.94. The number of hydroxylamine groups is 2. The molecule has 1 aromatic carbocycles. The highest BCUT2D eigenvalue weighted by Crippen LogP contribution is 2.03. The number of carbonyl (C=O) groups is 2. The van der Waals surface area contributed by atoms with E-state index in [4.69, 9.17) is 5.11 Å². The van der Waals surface area contributed by atoms with Crippen molar-refractivity contribution in [3.8, 4) is 0 Å². The van der Waals surface area contributed by atoms with Gasteiger partial charge in [-0.1, -0.05) is 24.3 Å². The second-order valence-corrected chi connectivity index (χ2v) is 5.06. The van der Waals surface area contributed by atoms with Gasteiger partial charge in [-0.05, 0) is 24.9 Å². The Labute approximate surface area is 135 Å². The Kier molecular flexibility index (Phi) is 8.59. The molecule has 0 spiro atoms. The van der Waals surface area contributed by atoms with E-state index in [0.717, 1.165) is 32.1 Å². The molecule has 0 heterocycles. The fourth-order valence-electron chi connectivity index (χ4n) is 1.90. The van der Waals surface area contributed by atoms with Crippen molar-refractivity contribution in [1.29, 1.82) is 0 Å². The van der Waals surface area contributed by atoms with Crippen LogP contribution in [0.15, 0.2) is 36.4 Å². The van der Waals surface area contributed by atoms with Crippen LogP contribution in [0.5, 0.6) is 0 Å². The molecule has 0 saturated heterocycles. The summed E-state index contributed by atoms with van der Waals surface area (Å²) < 4.78 is 0. The van der Waals surface area contributed by atoms with Crippen LogP contribution in [-0.2, 0) is 22.7 Å². The van der Waals surface area contributed by atoms with Gasteiger partial charge in [-0.25, -0.2) is 4.79 Å². The Morgan fingerprint density at radius 1 is 1.17 bits per heavy atom. The summed E-state index contributed by atoms with van der Waals surface area (Å²) >= 11 is 0. The molecule has 1 rings (SSSR count). The van der Waals surface area contributed by atoms with Crippen LogP contribution in [0, 0.1) is 5.21 Å². The number of aliphatic carboxylic acids is 1. The second kappa shape index (κ2) is 10.5. The van der Waals surface area contributed by atoms with Crippen molar-refractivity contribution in [1.82, 2.24) is 10.4 Å². The zero-order valence-electron chi connectivity index (χ0n) is 13.0. The predicted octanol–water partition coefficient (Wildman–Crippen LogP) is 0.266. The summed E-state index contributed by atoms with van der Waals surface area (Å²) in [6.07, 6.45) is 2.74. The third-order valence-corrected chi connectivity index (χ3v) is 3.22. The van der Waals surface area contributed by atoms with E-state index in [0.29, 0.717) is 12.5 Å². The molecule has 126 valence electrons. The summed E-state index contributed by atoms with van der Waals surface area (Å²) in [5.74, 6) is -2.09. The zero-order valence-corrected chi connectivity index (χ0v) is 13.0. The number of hydrogen-bond donors (Lipinski definition) is 3. The molecule has 0 aliphatic heterocycles. The minimum Gasteiger partial charge on any atom is -0.756 e. The van der Waals surface area contributed by atoms with Gasteiger partial charge in [0.15, 0.2) is 0 Å². The van der Waals surface area contributed by atoms with Crippen molar-refractivity contribution in [2.45, 2.75) is 25.9 Å². The van der Waals surface area contributed by atoms with Gasteiger partial charge < -0.3 is 26.4 Å². The van der Waals surface area contributed by atoms with Crippen LogP contribution in [-0.4, -0.2) is 35.1 Å². The number of nitrogens with zero attached hydrogens (tertiary/aromatic N) is 1. The monoisotopic (exact) mass is 321 g/mol. The van der Waals surface area contributed by atoms with Crippen LogP contribution >= 0.6 is 0 Å². The molecule has 0 aromatic heterocycles. The van der Waals surface area contributed by atoms with Crippen molar-refractivity contribution in [2.24, 2.45) is 0 Å². The maximum Gasteiger partial charge on any atom is 0.328 e. The lowest BCUT2D eigenvalue weighted by Crippen LogP contribution is -2.47. The average Bonchev–Trinajstić information content (AvgIpc) is 2.56. The molecule has 0 fully saturated rings. The number of carboxylic acid groups (broad SMARTS) is 1. The zero-order chi connectivity index (χ0) is 17.1. The van der Waals surface area contributed by atoms with E-state index in [1.54, 1.807) is 0 Å². The van der Waals surface area contributed by atoms with E-state index in [2.05, 4.69) is 35.3 Å². The molecular weight excluding hydrogens is 298 g/mol. The molecule has 7 nitrogen and oxygen atoms in total. The highest BCUT2D eigenvalue weighted by Gasteiger charge is 2.00. The Hall–Kier alpha value is -2.22. The van der Waals surface area contributed by atoms with Gasteiger partial charge in [0.05, 0.1) is 6.54 Å². The summed E-state index contributed by atoms with van der Waals surface area (Å²) in [7, 11) is 0. The first-order valence-electron chi connectivity index (χ1n) is 7.50. The minimum absolute atomic E-state index is 0.0582. The molecule has 0 aliphatic rings. The number of carbonyl (C=O) groups excluding carboxylic acids is 1. The fourth-order valence-corrected chi connectivity index (χ4v) is 1.90. The van der Waals surface area contributed by atoms with Gasteiger partial charge in [0.2, 0.25) is 5.91 Å². The Morgan fingerprint density at radius 3 is 2.43 bits per heavy atom. The molecule has 0 aliphatic carbocycles. The smallest absolute Gasteiger partial charge is 0.328 e. The molecular formula is C16H23N3O4. The van der Waals surface area contributed by atoms with E-state index in [9.17, 15) is 14.8 Å². The van der Waals surface area contributed by atoms with Gasteiger partial charge in [0.1, 0.15) is 0 Å². The van der Waals surface area contributed by atoms with E-state index in [-0.39, 0.29) is 11.6 Å². The van der Waals surface area contributed by atoms with Gasteiger partial charge in [-0.2, -0.15) is 0 Å². The molecule has 0 saturated carbocycles. The molecule has 0 unspecified atom stereocenters. The number of hydrogen-bond acceptors (Lipinski definition) is 4. The molecule has 7 heteroatoms. The van der Waals surface area contributed by atoms with E-state index in [1.807, 2.05) is 0 Å². The van der Waals surface area contributed by atoms with Gasteiger partial charge in [-0.15, -0.1) is 0 Å². The SMILES string of the molecule is [NH3+]Cc1ccc(CNCCCCN([O-])C(=O)/C=C/C(=O)O)cc1. The number of quaternary nitrogens is 1. The van der Waals surface area contributed by atoms with Gasteiger partial charge >= 0.3 is 5.97 Å².